The van der Waals surface area contributed by atoms with Crippen LogP contribution in [0, 0.1) is 5.41 Å². The van der Waals surface area contributed by atoms with Crippen molar-refractivity contribution in [3.63, 3.8) is 0 Å². The van der Waals surface area contributed by atoms with E-state index in [-0.39, 0.29) is 0 Å². The Labute approximate surface area is 138 Å². The summed E-state index contributed by atoms with van der Waals surface area (Å²) in [5.41, 5.74) is 4.19. The van der Waals surface area contributed by atoms with Gasteiger partial charge in [-0.1, -0.05) is 0 Å². The zero-order valence-electron chi connectivity index (χ0n) is 14.9. The maximum absolute atomic E-state index is 4.78. The molecule has 0 aliphatic carbocycles. The van der Waals surface area contributed by atoms with Crippen LogP contribution >= 0.6 is 0 Å². The Morgan fingerprint density at radius 1 is 1.05 bits per heavy atom. The Hall–Kier alpha value is -1.09. The van der Waals surface area contributed by atoms with E-state index in [1.807, 2.05) is 0 Å². The Kier molecular flexibility index (Phi) is 5.16. The summed E-state index contributed by atoms with van der Waals surface area (Å²) in [6.07, 6.45) is 4.51. The van der Waals surface area contributed by atoms with Gasteiger partial charge in [-0.2, -0.15) is 0 Å². The molecular weight excluding hydrogens is 327 g/mol. The molecule has 118 valence electrons. The van der Waals surface area contributed by atoms with Crippen molar-refractivity contribution in [2.24, 2.45) is 5.41 Å². The molecule has 2 aromatic rings. The fraction of sp³-hybridized carbons (Fsp3) is 0.450. The maximum atomic E-state index is 4.78. The fourth-order valence-corrected chi connectivity index (χ4v) is 6.03. The van der Waals surface area contributed by atoms with Crippen LogP contribution in [0.1, 0.15) is 32.8 Å². The van der Waals surface area contributed by atoms with Crippen LogP contribution < -0.4 is 4.40 Å². The summed E-state index contributed by atoms with van der Waals surface area (Å²) in [6.45, 7) is 7.03. The molecule has 0 aliphatic heterocycles. The number of hydrogen-bond acceptors (Lipinski definition) is 1. The molecule has 1 nitrogen and oxygen atoms in total. The Morgan fingerprint density at radius 2 is 1.68 bits per heavy atom. The molecule has 0 atom stereocenters. The summed E-state index contributed by atoms with van der Waals surface area (Å²) in [7, 11) is 0. The van der Waals surface area contributed by atoms with Crippen LogP contribution in [0.25, 0.3) is 11.3 Å². The molecule has 0 saturated carbocycles. The second kappa shape index (κ2) is 6.58. The number of nitrogens with zero attached hydrogens (tertiary/aromatic N) is 1. The van der Waals surface area contributed by atoms with Gasteiger partial charge < -0.3 is 0 Å². The molecule has 1 aromatic heterocycles. The van der Waals surface area contributed by atoms with E-state index < -0.39 is 13.3 Å². The molecule has 0 saturated heterocycles. The fourth-order valence-electron chi connectivity index (χ4n) is 2.73. The molecule has 2 heteroatoms. The number of pyridine rings is 1. The van der Waals surface area contributed by atoms with Crippen molar-refractivity contribution in [1.29, 1.82) is 0 Å². The molecule has 2 rings (SSSR count). The van der Waals surface area contributed by atoms with Crippen molar-refractivity contribution >= 4 is 17.7 Å². The predicted octanol–water partition coefficient (Wildman–Crippen LogP) is 5.27. The van der Waals surface area contributed by atoms with Gasteiger partial charge in [0.05, 0.1) is 0 Å². The summed E-state index contributed by atoms with van der Waals surface area (Å²) in [5.74, 6) is 7.38. The minimum absolute atomic E-state index is 0.345. The van der Waals surface area contributed by atoms with Gasteiger partial charge in [0.1, 0.15) is 0 Å². The van der Waals surface area contributed by atoms with Gasteiger partial charge in [-0.05, 0) is 0 Å². The van der Waals surface area contributed by atoms with Crippen molar-refractivity contribution in [2.75, 3.05) is 0 Å². The van der Waals surface area contributed by atoms with Crippen molar-refractivity contribution < 1.29 is 0 Å². The Balaban J connectivity index is 2.51. The number of rotatable bonds is 5. The van der Waals surface area contributed by atoms with Crippen molar-refractivity contribution in [3.8, 4) is 11.3 Å². The van der Waals surface area contributed by atoms with Crippen LogP contribution in [0.3, 0.4) is 0 Å². The standard InChI is InChI=1S/C20H29GeN/c1-7-20(2,3)14-17-13-19(16-11-9-8-10-12-16)22-15-18(17)21(4,5)6/h8-13,15H,7,14H2,1-6H3. The third-order valence-electron chi connectivity index (χ3n) is 4.49. The summed E-state index contributed by atoms with van der Waals surface area (Å²) in [5, 5.41) is 0. The number of benzene rings is 1. The van der Waals surface area contributed by atoms with E-state index in [2.05, 4.69) is 80.6 Å². The molecule has 0 radical (unpaired) electrons. The van der Waals surface area contributed by atoms with E-state index in [4.69, 9.17) is 4.98 Å². The molecule has 1 aromatic carbocycles. The SMILES string of the molecule is CCC(C)(C)Cc1cc(-c2ccccc2)nc[c]1[Ge]([CH3])([CH3])[CH3]. The van der Waals surface area contributed by atoms with Gasteiger partial charge in [0.15, 0.2) is 0 Å². The topological polar surface area (TPSA) is 12.9 Å². The van der Waals surface area contributed by atoms with Crippen molar-refractivity contribution in [2.45, 2.75) is 50.9 Å². The first-order valence-corrected chi connectivity index (χ1v) is 15.6. The Bertz CT molecular complexity index is 624. The average Bonchev–Trinajstić information content (AvgIpc) is 2.46. The molecule has 0 unspecified atom stereocenters. The monoisotopic (exact) mass is 357 g/mol. The van der Waals surface area contributed by atoms with Gasteiger partial charge in [0.25, 0.3) is 0 Å². The van der Waals surface area contributed by atoms with Gasteiger partial charge in [-0.3, -0.25) is 0 Å². The van der Waals surface area contributed by atoms with Crippen LogP contribution in [0.2, 0.25) is 17.3 Å². The van der Waals surface area contributed by atoms with Crippen LogP contribution in [0.5, 0.6) is 0 Å². The second-order valence-corrected chi connectivity index (χ2v) is 18.6. The molecule has 0 N–H and O–H groups in total. The third-order valence-corrected chi connectivity index (χ3v) is 8.83. The summed E-state index contributed by atoms with van der Waals surface area (Å²) in [6, 6.07) is 12.9. The predicted molar refractivity (Wildman–Crippen MR) is 100 cm³/mol. The second-order valence-electron chi connectivity index (χ2n) is 8.04. The van der Waals surface area contributed by atoms with Crippen LogP contribution in [-0.4, -0.2) is 18.3 Å². The molecule has 1 heterocycles. The molecule has 0 aliphatic rings. The molecule has 22 heavy (non-hydrogen) atoms. The summed E-state index contributed by atoms with van der Waals surface area (Å²) < 4.78 is 1.56. The molecule has 0 spiro atoms. The summed E-state index contributed by atoms with van der Waals surface area (Å²) >= 11 is -1.90. The first-order valence-electron chi connectivity index (χ1n) is 8.28. The van der Waals surface area contributed by atoms with E-state index in [0.29, 0.717) is 5.41 Å². The van der Waals surface area contributed by atoms with Crippen LogP contribution in [0.15, 0.2) is 42.6 Å². The third kappa shape index (κ3) is 4.22. The molecule has 0 fully saturated rings. The number of hydrogen-bond donors (Lipinski definition) is 0. The van der Waals surface area contributed by atoms with Gasteiger partial charge >= 0.3 is 138 Å². The van der Waals surface area contributed by atoms with Gasteiger partial charge in [-0.15, -0.1) is 0 Å². The van der Waals surface area contributed by atoms with Gasteiger partial charge in [0, 0.05) is 0 Å². The van der Waals surface area contributed by atoms with Crippen LogP contribution in [0.4, 0.5) is 0 Å². The first kappa shape index (κ1) is 17.3. The van der Waals surface area contributed by atoms with E-state index >= 15 is 0 Å². The van der Waals surface area contributed by atoms with E-state index in [1.165, 1.54) is 17.5 Å². The Morgan fingerprint density at radius 3 is 2.23 bits per heavy atom. The van der Waals surface area contributed by atoms with E-state index in [9.17, 15) is 0 Å². The quantitative estimate of drug-likeness (QED) is 0.665. The summed E-state index contributed by atoms with van der Waals surface area (Å²) in [4.78, 5) is 4.78. The average molecular weight is 356 g/mol. The van der Waals surface area contributed by atoms with Gasteiger partial charge in [0.2, 0.25) is 0 Å². The zero-order chi connectivity index (χ0) is 16.4. The van der Waals surface area contributed by atoms with Crippen LogP contribution in [-0.2, 0) is 6.42 Å². The first-order chi connectivity index (χ1) is 10.2. The van der Waals surface area contributed by atoms with Crippen molar-refractivity contribution in [3.05, 3.63) is 48.2 Å². The zero-order valence-corrected chi connectivity index (χ0v) is 17.0. The van der Waals surface area contributed by atoms with E-state index in [0.717, 1.165) is 12.1 Å². The van der Waals surface area contributed by atoms with Gasteiger partial charge in [-0.25, -0.2) is 0 Å². The molecular formula is C20H29GeN. The molecule has 0 bridgehead atoms. The van der Waals surface area contributed by atoms with E-state index in [1.54, 1.807) is 4.40 Å². The van der Waals surface area contributed by atoms with Crippen molar-refractivity contribution in [1.82, 2.24) is 4.98 Å². The molecule has 0 amide bonds. The number of aromatic nitrogens is 1. The minimum atomic E-state index is -1.90. The normalized spacial score (nSPS) is 12.5.